The van der Waals surface area contributed by atoms with E-state index in [1.807, 2.05) is 42.6 Å². The molecule has 0 saturated carbocycles. The maximum atomic E-state index is 12.8. The number of carbonyl (C=O) groups excluding carboxylic acids is 1. The van der Waals surface area contributed by atoms with Crippen LogP contribution < -0.4 is 16.1 Å². The number of aryl methyl sites for hydroxylation is 1. The van der Waals surface area contributed by atoms with Gasteiger partial charge in [0, 0.05) is 52.1 Å². The molecule has 1 aromatic carbocycles. The highest BCUT2D eigenvalue weighted by Crippen LogP contribution is 2.32. The van der Waals surface area contributed by atoms with Gasteiger partial charge < -0.3 is 15.6 Å². The molecule has 10 nitrogen and oxygen atoms in total. The molecule has 0 bridgehead atoms. The van der Waals surface area contributed by atoms with Crippen molar-refractivity contribution < 1.29 is 4.79 Å². The van der Waals surface area contributed by atoms with Crippen LogP contribution in [-0.2, 0) is 0 Å². The molecule has 1 aliphatic carbocycles. The van der Waals surface area contributed by atoms with Gasteiger partial charge in [-0.25, -0.2) is 9.97 Å². The van der Waals surface area contributed by atoms with Crippen molar-refractivity contribution in [3.63, 3.8) is 0 Å². The van der Waals surface area contributed by atoms with Crippen LogP contribution in [0.25, 0.3) is 22.3 Å². The highest BCUT2D eigenvalue weighted by molar-refractivity contribution is 6.06. The summed E-state index contributed by atoms with van der Waals surface area (Å²) in [5.74, 6) is 1.53. The quantitative estimate of drug-likeness (QED) is 0.341. The van der Waals surface area contributed by atoms with Gasteiger partial charge in [-0.15, -0.1) is 0 Å². The second-order valence-corrected chi connectivity index (χ2v) is 8.81. The predicted molar refractivity (Wildman–Crippen MR) is 138 cm³/mol. The van der Waals surface area contributed by atoms with Gasteiger partial charge in [0.15, 0.2) is 5.82 Å². The molecule has 2 atom stereocenters. The van der Waals surface area contributed by atoms with E-state index in [-0.39, 0.29) is 17.7 Å². The molecule has 1 amide bonds. The summed E-state index contributed by atoms with van der Waals surface area (Å²) >= 11 is 0. The Morgan fingerprint density at radius 1 is 1.08 bits per heavy atom. The first-order chi connectivity index (χ1) is 17.5. The van der Waals surface area contributed by atoms with Crippen LogP contribution in [0.5, 0.6) is 0 Å². The second-order valence-electron chi connectivity index (χ2n) is 8.81. The Hall–Kier alpha value is -4.86. The summed E-state index contributed by atoms with van der Waals surface area (Å²) < 4.78 is 0. The molecule has 0 saturated heterocycles. The molecule has 178 valence electrons. The zero-order chi connectivity index (χ0) is 24.6. The molecule has 3 aromatic heterocycles. The first-order valence-corrected chi connectivity index (χ1v) is 11.6. The van der Waals surface area contributed by atoms with Gasteiger partial charge >= 0.3 is 0 Å². The van der Waals surface area contributed by atoms with E-state index in [1.54, 1.807) is 25.4 Å². The van der Waals surface area contributed by atoms with Gasteiger partial charge in [-0.3, -0.25) is 10.2 Å². The van der Waals surface area contributed by atoms with Crippen molar-refractivity contribution in [2.24, 2.45) is 16.9 Å². The van der Waals surface area contributed by atoms with Crippen LogP contribution in [0.4, 0.5) is 11.5 Å². The van der Waals surface area contributed by atoms with Gasteiger partial charge in [0.25, 0.3) is 5.91 Å². The van der Waals surface area contributed by atoms with Crippen LogP contribution in [0, 0.1) is 18.8 Å². The molecule has 6 rings (SSSR count). The zero-order valence-electron chi connectivity index (χ0n) is 19.6. The molecule has 4 aromatic rings. The SMILES string of the molecule is Cc1nnccc1NC(=O)c1cc2ccc(-c3nccc(NC4=CC=C5NN=CC5C4C)n3)cc2[nH]1. The van der Waals surface area contributed by atoms with Crippen molar-refractivity contribution in [3.8, 4) is 11.4 Å². The van der Waals surface area contributed by atoms with E-state index in [4.69, 9.17) is 4.98 Å². The Kier molecular flexibility index (Phi) is 5.25. The number of hydrogen-bond donors (Lipinski definition) is 4. The van der Waals surface area contributed by atoms with Crippen molar-refractivity contribution in [2.75, 3.05) is 10.6 Å². The van der Waals surface area contributed by atoms with Crippen molar-refractivity contribution >= 4 is 34.5 Å². The number of anilines is 2. The van der Waals surface area contributed by atoms with E-state index in [0.29, 0.717) is 28.7 Å². The number of nitrogens with zero attached hydrogens (tertiary/aromatic N) is 5. The molecule has 0 spiro atoms. The van der Waals surface area contributed by atoms with E-state index >= 15 is 0 Å². The lowest BCUT2D eigenvalue weighted by atomic mass is 9.86. The fourth-order valence-electron chi connectivity index (χ4n) is 4.40. The number of allylic oxidation sites excluding steroid dienone is 4. The van der Waals surface area contributed by atoms with E-state index in [2.05, 4.69) is 54.3 Å². The number of carbonyl (C=O) groups is 1. The lowest BCUT2D eigenvalue weighted by Crippen LogP contribution is -2.24. The molecule has 0 fully saturated rings. The minimum Gasteiger partial charge on any atom is -0.350 e. The first-order valence-electron chi connectivity index (χ1n) is 11.6. The summed E-state index contributed by atoms with van der Waals surface area (Å²) in [5, 5.41) is 19.2. The number of H-pyrrole nitrogens is 1. The van der Waals surface area contributed by atoms with Crippen molar-refractivity contribution in [1.29, 1.82) is 0 Å². The van der Waals surface area contributed by atoms with Gasteiger partial charge in [-0.2, -0.15) is 15.3 Å². The maximum Gasteiger partial charge on any atom is 0.272 e. The third-order valence-electron chi connectivity index (χ3n) is 6.47. The van der Waals surface area contributed by atoms with Crippen LogP contribution >= 0.6 is 0 Å². The fourth-order valence-corrected chi connectivity index (χ4v) is 4.40. The molecule has 1 aliphatic heterocycles. The van der Waals surface area contributed by atoms with Gasteiger partial charge in [0.05, 0.1) is 17.6 Å². The fraction of sp³-hybridized carbons (Fsp3) is 0.154. The summed E-state index contributed by atoms with van der Waals surface area (Å²) in [5.41, 5.74) is 8.60. The molecular weight excluding hydrogens is 454 g/mol. The monoisotopic (exact) mass is 477 g/mol. The summed E-state index contributed by atoms with van der Waals surface area (Å²) in [6.45, 7) is 3.96. The largest absolute Gasteiger partial charge is 0.350 e. The van der Waals surface area contributed by atoms with Crippen LogP contribution in [0.1, 0.15) is 23.1 Å². The summed E-state index contributed by atoms with van der Waals surface area (Å²) in [7, 11) is 0. The van der Waals surface area contributed by atoms with Crippen molar-refractivity contribution in [1.82, 2.24) is 30.6 Å². The van der Waals surface area contributed by atoms with E-state index in [0.717, 1.165) is 27.9 Å². The Bertz CT molecular complexity index is 1580. The van der Waals surface area contributed by atoms with Crippen LogP contribution in [0.3, 0.4) is 0 Å². The Morgan fingerprint density at radius 2 is 2.00 bits per heavy atom. The average molecular weight is 478 g/mol. The normalized spacial score (nSPS) is 18.3. The zero-order valence-corrected chi connectivity index (χ0v) is 19.6. The number of amides is 1. The second kappa shape index (κ2) is 8.73. The topological polar surface area (TPSA) is 133 Å². The van der Waals surface area contributed by atoms with Crippen LogP contribution in [-0.4, -0.2) is 37.3 Å². The van der Waals surface area contributed by atoms with Gasteiger partial charge in [-0.05, 0) is 43.3 Å². The molecule has 10 heteroatoms. The maximum absolute atomic E-state index is 12.8. The van der Waals surface area contributed by atoms with Crippen LogP contribution in [0.2, 0.25) is 0 Å². The van der Waals surface area contributed by atoms with E-state index in [1.165, 1.54) is 0 Å². The van der Waals surface area contributed by atoms with Crippen molar-refractivity contribution in [2.45, 2.75) is 13.8 Å². The van der Waals surface area contributed by atoms with E-state index < -0.39 is 0 Å². The van der Waals surface area contributed by atoms with Gasteiger partial charge in [-0.1, -0.05) is 19.1 Å². The lowest BCUT2D eigenvalue weighted by Gasteiger charge is -2.25. The predicted octanol–water partition coefficient (Wildman–Crippen LogP) is 4.01. The minimum absolute atomic E-state index is 0.235. The molecule has 0 radical (unpaired) electrons. The Morgan fingerprint density at radius 3 is 2.89 bits per heavy atom. The van der Waals surface area contributed by atoms with Crippen LogP contribution in [0.15, 0.2) is 77.4 Å². The number of hydrogen-bond acceptors (Lipinski definition) is 8. The number of aromatic amines is 1. The lowest BCUT2D eigenvalue weighted by molar-refractivity contribution is 0.102. The Labute approximate surface area is 206 Å². The third kappa shape index (κ3) is 3.98. The first kappa shape index (κ1) is 21.7. The number of hydrazone groups is 1. The summed E-state index contributed by atoms with van der Waals surface area (Å²) in [4.78, 5) is 25.2. The minimum atomic E-state index is -0.249. The number of nitrogens with one attached hydrogen (secondary N) is 4. The summed E-state index contributed by atoms with van der Waals surface area (Å²) in [6.07, 6.45) is 9.32. The molecule has 2 unspecified atom stereocenters. The Balaban J connectivity index is 1.23. The number of benzene rings is 1. The molecule has 2 aliphatic rings. The number of aromatic nitrogens is 5. The molecular formula is C26H23N9O. The van der Waals surface area contributed by atoms with Crippen molar-refractivity contribution in [3.05, 3.63) is 83.7 Å². The van der Waals surface area contributed by atoms with E-state index in [9.17, 15) is 4.79 Å². The standard InChI is InChI=1S/C26H23N9O/c1-14-18-13-29-35-21(18)6-5-19(14)31-24-8-9-27-25(33-24)17-4-3-16-11-23(30-22(16)12-17)26(36)32-20-7-10-28-34-15(20)2/h3-14,18,30,35H,1-2H3,(H,27,31,33)(H,28,32,36). The third-order valence-corrected chi connectivity index (χ3v) is 6.47. The summed E-state index contributed by atoms with van der Waals surface area (Å²) in [6, 6.07) is 11.2. The molecule has 4 N–H and O–H groups in total. The number of rotatable bonds is 5. The number of fused-ring (bicyclic) bond motifs is 2. The molecule has 36 heavy (non-hydrogen) atoms. The highest BCUT2D eigenvalue weighted by atomic mass is 16.1. The van der Waals surface area contributed by atoms with Gasteiger partial charge in [0.1, 0.15) is 11.5 Å². The average Bonchev–Trinajstić information content (AvgIpc) is 3.54. The van der Waals surface area contributed by atoms with Gasteiger partial charge in [0.2, 0.25) is 0 Å². The smallest absolute Gasteiger partial charge is 0.272 e. The highest BCUT2D eigenvalue weighted by Gasteiger charge is 2.29. The molecule has 4 heterocycles.